The molecule has 0 radical (unpaired) electrons. The molecule has 2 heterocycles. The van der Waals surface area contributed by atoms with Gasteiger partial charge in [-0.25, -0.2) is 4.98 Å². The Morgan fingerprint density at radius 1 is 0.860 bits per heavy atom. The van der Waals surface area contributed by atoms with Crippen molar-refractivity contribution in [2.24, 2.45) is 10.8 Å². The van der Waals surface area contributed by atoms with Gasteiger partial charge in [-0.2, -0.15) is 10.5 Å². The van der Waals surface area contributed by atoms with Gasteiger partial charge in [0.25, 0.3) is 0 Å². The summed E-state index contributed by atoms with van der Waals surface area (Å²) >= 11 is 1.34. The Bertz CT molecular complexity index is 1780. The van der Waals surface area contributed by atoms with Crippen molar-refractivity contribution >= 4 is 34.2 Å². The standard InChI is InChI=1S/C37H38N4OS/c1-36(2,3)32-21-25(22-33(42-32)37(4,5)6)20-28(26-14-17-30(18-15-26)41(7)8)16-19-31-34(27-12-10-9-11-13-27)40-35(43-31)29(23-38)24-39/h9-22H,1-8H3/b28-16-,31-19+. The monoisotopic (exact) mass is 586 g/mol. The van der Waals surface area contributed by atoms with Crippen LogP contribution in [0.5, 0.6) is 0 Å². The number of allylic oxidation sites excluding steroid dienone is 8. The summed E-state index contributed by atoms with van der Waals surface area (Å²) < 4.78 is 7.69. The number of thiazole rings is 1. The zero-order valence-electron chi connectivity index (χ0n) is 26.2. The average Bonchev–Trinajstić information content (AvgIpc) is 3.39. The number of nitrogens with zero attached hydrogens (tertiary/aromatic N) is 4. The van der Waals surface area contributed by atoms with Crippen LogP contribution in [0.15, 0.2) is 96.0 Å². The molecule has 1 aliphatic rings. The fourth-order valence-corrected chi connectivity index (χ4v) is 5.28. The van der Waals surface area contributed by atoms with Crippen molar-refractivity contribution < 1.29 is 4.74 Å². The van der Waals surface area contributed by atoms with Crippen LogP contribution >= 0.6 is 11.3 Å². The Morgan fingerprint density at radius 3 is 1.95 bits per heavy atom. The molecule has 0 bridgehead atoms. The number of anilines is 1. The lowest BCUT2D eigenvalue weighted by molar-refractivity contribution is 0.161. The quantitative estimate of drug-likeness (QED) is 0.306. The molecule has 5 nitrogen and oxygen atoms in total. The second-order valence-electron chi connectivity index (χ2n) is 12.7. The van der Waals surface area contributed by atoms with Gasteiger partial charge in [0.2, 0.25) is 0 Å². The van der Waals surface area contributed by atoms with Crippen molar-refractivity contribution in [1.82, 2.24) is 4.98 Å². The summed E-state index contributed by atoms with van der Waals surface area (Å²) in [4.78, 5) is 6.79. The van der Waals surface area contributed by atoms with E-state index < -0.39 is 0 Å². The summed E-state index contributed by atoms with van der Waals surface area (Å²) in [5.41, 5.74) is 5.59. The number of aromatic nitrogens is 1. The van der Waals surface area contributed by atoms with Crippen LogP contribution in [-0.4, -0.2) is 19.1 Å². The van der Waals surface area contributed by atoms with Crippen LogP contribution in [0.2, 0.25) is 0 Å². The highest BCUT2D eigenvalue weighted by molar-refractivity contribution is 7.08. The molecule has 0 atom stereocenters. The number of hydrogen-bond acceptors (Lipinski definition) is 6. The highest BCUT2D eigenvalue weighted by Crippen LogP contribution is 2.39. The van der Waals surface area contributed by atoms with Crippen LogP contribution in [0.1, 0.15) is 47.1 Å². The Hall–Kier alpha value is -4.65. The zero-order valence-corrected chi connectivity index (χ0v) is 27.0. The molecule has 1 aromatic heterocycles. The molecule has 1 aliphatic heterocycles. The van der Waals surface area contributed by atoms with E-state index in [0.717, 1.165) is 49.7 Å². The third kappa shape index (κ3) is 7.60. The van der Waals surface area contributed by atoms with E-state index in [1.807, 2.05) is 62.6 Å². The first-order valence-corrected chi connectivity index (χ1v) is 15.0. The number of rotatable bonds is 5. The molecule has 0 fully saturated rings. The van der Waals surface area contributed by atoms with E-state index in [2.05, 4.69) is 95.0 Å². The number of nitriles is 2. The van der Waals surface area contributed by atoms with Gasteiger partial charge in [0.15, 0.2) is 5.57 Å². The smallest absolute Gasteiger partial charge is 0.165 e. The maximum atomic E-state index is 9.52. The van der Waals surface area contributed by atoms with E-state index in [0.29, 0.717) is 4.66 Å². The van der Waals surface area contributed by atoms with Crippen LogP contribution in [0.4, 0.5) is 5.69 Å². The molecule has 4 rings (SSSR count). The maximum absolute atomic E-state index is 9.52. The van der Waals surface area contributed by atoms with Gasteiger partial charge in [0.1, 0.15) is 28.3 Å². The zero-order chi connectivity index (χ0) is 31.4. The van der Waals surface area contributed by atoms with Crippen LogP contribution in [0, 0.1) is 33.5 Å². The van der Waals surface area contributed by atoms with Crippen molar-refractivity contribution in [2.45, 2.75) is 41.5 Å². The summed E-state index contributed by atoms with van der Waals surface area (Å²) in [5.74, 6) is 1.85. The fraction of sp³-hybridized carbons (Fsp3) is 0.270. The van der Waals surface area contributed by atoms with Gasteiger partial charge < -0.3 is 9.64 Å². The molecule has 0 aliphatic carbocycles. The summed E-state index contributed by atoms with van der Waals surface area (Å²) in [6.45, 7) is 13.0. The molecule has 43 heavy (non-hydrogen) atoms. The molecule has 2 aromatic carbocycles. The van der Waals surface area contributed by atoms with Gasteiger partial charge in [0.05, 0.1) is 10.2 Å². The Morgan fingerprint density at radius 2 is 1.44 bits per heavy atom. The number of hydrogen-bond donors (Lipinski definition) is 0. The summed E-state index contributed by atoms with van der Waals surface area (Å²) in [6, 6.07) is 22.3. The minimum atomic E-state index is -0.160. The summed E-state index contributed by atoms with van der Waals surface area (Å²) in [5, 5.41) is 19.0. The molecule has 218 valence electrons. The molecule has 0 amide bonds. The SMILES string of the molecule is CN(C)c1ccc(/C(C=C2C=C(C(C)(C)C)OC(C(C)(C)C)=C2)=C\C=c2\sc(=C(C#N)C#N)nc2-c2ccccc2)cc1. The van der Waals surface area contributed by atoms with E-state index >= 15 is 0 Å². The average molecular weight is 587 g/mol. The van der Waals surface area contributed by atoms with Crippen LogP contribution in [0.25, 0.3) is 28.5 Å². The van der Waals surface area contributed by atoms with E-state index in [4.69, 9.17) is 9.72 Å². The van der Waals surface area contributed by atoms with Gasteiger partial charge in [-0.3, -0.25) is 0 Å². The maximum Gasteiger partial charge on any atom is 0.165 e. The second-order valence-corrected chi connectivity index (χ2v) is 13.7. The Balaban J connectivity index is 1.99. The first-order chi connectivity index (χ1) is 20.3. The normalized spacial score (nSPS) is 14.2. The minimum Gasteiger partial charge on any atom is -0.465 e. The third-order valence-corrected chi connectivity index (χ3v) is 7.92. The van der Waals surface area contributed by atoms with Crippen LogP contribution in [0.3, 0.4) is 0 Å². The molecule has 0 N–H and O–H groups in total. The lowest BCUT2D eigenvalue weighted by Crippen LogP contribution is -2.21. The van der Waals surface area contributed by atoms with E-state index in [1.165, 1.54) is 11.3 Å². The van der Waals surface area contributed by atoms with Crippen molar-refractivity contribution in [2.75, 3.05) is 19.0 Å². The highest BCUT2D eigenvalue weighted by atomic mass is 32.1. The van der Waals surface area contributed by atoms with E-state index in [9.17, 15) is 10.5 Å². The fourth-order valence-electron chi connectivity index (χ4n) is 4.34. The van der Waals surface area contributed by atoms with E-state index in [-0.39, 0.29) is 16.4 Å². The van der Waals surface area contributed by atoms with Crippen molar-refractivity contribution in [1.29, 1.82) is 10.5 Å². The van der Waals surface area contributed by atoms with Crippen molar-refractivity contribution in [3.8, 4) is 23.4 Å². The van der Waals surface area contributed by atoms with Crippen molar-refractivity contribution in [3.63, 3.8) is 0 Å². The molecular formula is C37H38N4OS. The first-order valence-electron chi connectivity index (χ1n) is 14.2. The van der Waals surface area contributed by atoms with Crippen molar-refractivity contribution in [3.05, 3.63) is 111 Å². The number of ether oxygens (including phenoxy) is 1. The van der Waals surface area contributed by atoms with Gasteiger partial charge in [-0.05, 0) is 53.1 Å². The highest BCUT2D eigenvalue weighted by Gasteiger charge is 2.28. The number of benzene rings is 2. The molecule has 0 saturated heterocycles. The molecule has 3 aromatic rings. The molecule has 0 unspecified atom stereocenters. The Kier molecular flexibility index (Phi) is 9.24. The first kappa shape index (κ1) is 31.3. The van der Waals surface area contributed by atoms with E-state index in [1.54, 1.807) is 0 Å². The van der Waals surface area contributed by atoms with Gasteiger partial charge in [0, 0.05) is 36.2 Å². The molecular weight excluding hydrogens is 549 g/mol. The molecule has 0 spiro atoms. The lowest BCUT2D eigenvalue weighted by Gasteiger charge is -2.32. The second kappa shape index (κ2) is 12.7. The van der Waals surface area contributed by atoms with Crippen LogP contribution in [-0.2, 0) is 4.74 Å². The summed E-state index contributed by atoms with van der Waals surface area (Å²) in [7, 11) is 4.06. The third-order valence-electron chi connectivity index (χ3n) is 6.89. The lowest BCUT2D eigenvalue weighted by atomic mass is 9.86. The Labute approximate surface area is 259 Å². The summed E-state index contributed by atoms with van der Waals surface area (Å²) in [6.07, 6.45) is 10.6. The minimum absolute atomic E-state index is 0.00864. The van der Waals surface area contributed by atoms with Gasteiger partial charge >= 0.3 is 0 Å². The molecule has 0 saturated carbocycles. The van der Waals surface area contributed by atoms with Crippen LogP contribution < -0.4 is 14.1 Å². The predicted octanol–water partition coefficient (Wildman–Crippen LogP) is 7.75. The van der Waals surface area contributed by atoms with Gasteiger partial charge in [-0.15, -0.1) is 11.3 Å². The molecule has 6 heteroatoms. The van der Waals surface area contributed by atoms with Gasteiger partial charge in [-0.1, -0.05) is 90.1 Å². The largest absolute Gasteiger partial charge is 0.465 e. The predicted molar refractivity (Wildman–Crippen MR) is 179 cm³/mol. The topological polar surface area (TPSA) is 72.9 Å².